The van der Waals surface area contributed by atoms with Crippen molar-refractivity contribution in [2.75, 3.05) is 21.3 Å². The minimum atomic E-state index is -1.90. The molecule has 28 heavy (non-hydrogen) atoms. The van der Waals surface area contributed by atoms with Crippen LogP contribution in [0.25, 0.3) is 0 Å². The summed E-state index contributed by atoms with van der Waals surface area (Å²) in [7, 11) is 2.35. The third-order valence-electron chi connectivity index (χ3n) is 6.17. The van der Waals surface area contributed by atoms with Gasteiger partial charge in [0.05, 0.1) is 13.2 Å². The van der Waals surface area contributed by atoms with Gasteiger partial charge in [-0.25, -0.2) is 4.79 Å². The molecule has 0 amide bonds. The standard InChI is InChI=1S/C22H44O5Si/c1-13-17(3)19(27-28(11,12)21(5,6)7)18(4)14-16(2)15-22(25-9,26-10)20(23)24-8/h14,17-19H,13,15H2,1-12H3/b16-14+/t17-,18-,19+/m1/s1. The topological polar surface area (TPSA) is 54.0 Å². The summed E-state index contributed by atoms with van der Waals surface area (Å²) in [5.41, 5.74) is 1.01. The van der Waals surface area contributed by atoms with Crippen molar-refractivity contribution in [1.82, 2.24) is 0 Å². The summed E-state index contributed by atoms with van der Waals surface area (Å²) in [4.78, 5) is 12.2. The van der Waals surface area contributed by atoms with Gasteiger partial charge in [-0.3, -0.25) is 0 Å². The fourth-order valence-corrected chi connectivity index (χ4v) is 4.56. The lowest BCUT2D eigenvalue weighted by Crippen LogP contribution is -2.47. The highest BCUT2D eigenvalue weighted by Crippen LogP contribution is 2.40. The highest BCUT2D eigenvalue weighted by molar-refractivity contribution is 6.74. The highest BCUT2D eigenvalue weighted by atomic mass is 28.4. The minimum absolute atomic E-state index is 0.124. The summed E-state index contributed by atoms with van der Waals surface area (Å²) < 4.78 is 22.5. The number of carbonyl (C=O) groups is 1. The zero-order valence-corrected chi connectivity index (χ0v) is 21.3. The number of hydrogen-bond acceptors (Lipinski definition) is 5. The SMILES string of the molecule is CC[C@@H](C)[C@H](O[Si](C)(C)C(C)(C)C)[C@H](C)/C=C(\C)CC(OC)(OC)C(=O)OC. The van der Waals surface area contributed by atoms with E-state index in [0.29, 0.717) is 12.3 Å². The number of rotatable bonds is 11. The van der Waals surface area contributed by atoms with E-state index in [1.807, 2.05) is 6.92 Å². The molecule has 0 aliphatic heterocycles. The average Bonchev–Trinajstić information content (AvgIpc) is 2.61. The maximum absolute atomic E-state index is 12.2. The molecule has 3 atom stereocenters. The summed E-state index contributed by atoms with van der Waals surface area (Å²) in [6.45, 7) is 20.0. The van der Waals surface area contributed by atoms with Crippen molar-refractivity contribution < 1.29 is 23.4 Å². The average molecular weight is 417 g/mol. The molecular weight excluding hydrogens is 372 g/mol. The maximum Gasteiger partial charge on any atom is 0.366 e. The molecule has 166 valence electrons. The Balaban J connectivity index is 5.65. The molecule has 0 aliphatic rings. The van der Waals surface area contributed by atoms with Crippen LogP contribution in [0.15, 0.2) is 11.6 Å². The molecule has 0 saturated carbocycles. The van der Waals surface area contributed by atoms with Gasteiger partial charge in [0.15, 0.2) is 8.32 Å². The van der Waals surface area contributed by atoms with E-state index in [1.54, 1.807) is 0 Å². The van der Waals surface area contributed by atoms with Gasteiger partial charge < -0.3 is 18.6 Å². The fourth-order valence-electron chi connectivity index (χ4n) is 3.08. The van der Waals surface area contributed by atoms with Gasteiger partial charge in [0.25, 0.3) is 5.79 Å². The van der Waals surface area contributed by atoms with E-state index in [1.165, 1.54) is 21.3 Å². The Morgan fingerprint density at radius 2 is 1.57 bits per heavy atom. The van der Waals surface area contributed by atoms with Crippen molar-refractivity contribution in [3.05, 3.63) is 11.6 Å². The van der Waals surface area contributed by atoms with Gasteiger partial charge >= 0.3 is 5.97 Å². The summed E-state index contributed by atoms with van der Waals surface area (Å²) in [6.07, 6.45) is 3.67. The van der Waals surface area contributed by atoms with E-state index in [4.69, 9.17) is 18.6 Å². The van der Waals surface area contributed by atoms with Crippen molar-refractivity contribution in [2.24, 2.45) is 11.8 Å². The molecule has 0 spiro atoms. The molecule has 0 saturated heterocycles. The zero-order chi connectivity index (χ0) is 22.3. The molecule has 5 nitrogen and oxygen atoms in total. The molecular formula is C22H44O5Si. The summed E-state index contributed by atoms with van der Waals surface area (Å²) in [5.74, 6) is -1.31. The predicted octanol–water partition coefficient (Wildman–Crippen LogP) is 5.56. The first-order valence-corrected chi connectivity index (χ1v) is 13.2. The van der Waals surface area contributed by atoms with Crippen LogP contribution in [0.3, 0.4) is 0 Å². The van der Waals surface area contributed by atoms with Crippen LogP contribution < -0.4 is 0 Å². The summed E-state index contributed by atoms with van der Waals surface area (Å²) in [6, 6.07) is 0. The van der Waals surface area contributed by atoms with Crippen molar-refractivity contribution >= 4 is 14.3 Å². The van der Waals surface area contributed by atoms with E-state index in [-0.39, 0.29) is 17.1 Å². The maximum atomic E-state index is 12.2. The second-order valence-electron chi connectivity index (χ2n) is 9.43. The lowest BCUT2D eigenvalue weighted by Gasteiger charge is -2.42. The van der Waals surface area contributed by atoms with Crippen LogP contribution in [0, 0.1) is 11.8 Å². The van der Waals surface area contributed by atoms with Gasteiger partial charge in [-0.05, 0) is 36.9 Å². The Hall–Kier alpha value is -0.693. The summed E-state index contributed by atoms with van der Waals surface area (Å²) in [5, 5.41) is 0.156. The molecule has 0 aromatic rings. The lowest BCUT2D eigenvalue weighted by molar-refractivity contribution is -0.227. The first-order chi connectivity index (χ1) is 12.7. The van der Waals surface area contributed by atoms with Gasteiger partial charge in [-0.15, -0.1) is 0 Å². The largest absolute Gasteiger partial charge is 0.465 e. The number of ether oxygens (including phenoxy) is 3. The smallest absolute Gasteiger partial charge is 0.366 e. The van der Waals surface area contributed by atoms with Gasteiger partial charge in [0.1, 0.15) is 0 Å². The molecule has 0 aliphatic carbocycles. The molecule has 0 unspecified atom stereocenters. The van der Waals surface area contributed by atoms with Crippen molar-refractivity contribution in [1.29, 1.82) is 0 Å². The molecule has 0 aromatic carbocycles. The molecule has 0 aromatic heterocycles. The third kappa shape index (κ3) is 6.97. The quantitative estimate of drug-likeness (QED) is 0.191. The van der Waals surface area contributed by atoms with Gasteiger partial charge in [0, 0.05) is 20.6 Å². The molecule has 6 heteroatoms. The van der Waals surface area contributed by atoms with E-state index < -0.39 is 20.1 Å². The number of methoxy groups -OCH3 is 3. The van der Waals surface area contributed by atoms with E-state index >= 15 is 0 Å². The van der Waals surface area contributed by atoms with Gasteiger partial charge in [-0.2, -0.15) is 0 Å². The second-order valence-corrected chi connectivity index (χ2v) is 14.2. The van der Waals surface area contributed by atoms with Crippen molar-refractivity contribution in [3.63, 3.8) is 0 Å². The van der Waals surface area contributed by atoms with Crippen LogP contribution in [-0.2, 0) is 23.4 Å². The van der Waals surface area contributed by atoms with Crippen LogP contribution in [0.5, 0.6) is 0 Å². The van der Waals surface area contributed by atoms with Crippen molar-refractivity contribution in [3.8, 4) is 0 Å². The zero-order valence-electron chi connectivity index (χ0n) is 20.3. The molecule has 0 fully saturated rings. The molecule has 0 radical (unpaired) electrons. The number of esters is 1. The molecule has 0 rings (SSSR count). The normalized spacial score (nSPS) is 17.2. The molecule has 0 bridgehead atoms. The van der Waals surface area contributed by atoms with Crippen molar-refractivity contribution in [2.45, 2.75) is 91.3 Å². The monoisotopic (exact) mass is 416 g/mol. The molecule has 0 heterocycles. The minimum Gasteiger partial charge on any atom is -0.465 e. The first kappa shape index (κ1) is 27.3. The van der Waals surface area contributed by atoms with E-state index in [2.05, 4.69) is 60.7 Å². The van der Waals surface area contributed by atoms with E-state index in [9.17, 15) is 4.79 Å². The third-order valence-corrected chi connectivity index (χ3v) is 10.6. The Morgan fingerprint density at radius 1 is 1.07 bits per heavy atom. The predicted molar refractivity (Wildman–Crippen MR) is 118 cm³/mol. The van der Waals surface area contributed by atoms with Crippen LogP contribution in [0.1, 0.15) is 61.3 Å². The first-order valence-electron chi connectivity index (χ1n) is 10.2. The lowest BCUT2D eigenvalue weighted by atomic mass is 9.89. The fraction of sp³-hybridized carbons (Fsp3) is 0.864. The Kier molecular flexibility index (Phi) is 10.6. The highest BCUT2D eigenvalue weighted by Gasteiger charge is 2.42. The molecule has 0 N–H and O–H groups in total. The number of hydrogen-bond donors (Lipinski definition) is 0. The van der Waals surface area contributed by atoms with Crippen LogP contribution in [0.4, 0.5) is 0 Å². The Morgan fingerprint density at radius 3 is 1.93 bits per heavy atom. The summed E-state index contributed by atoms with van der Waals surface area (Å²) >= 11 is 0. The Labute approximate surface area is 174 Å². The number of carbonyl (C=O) groups excluding carboxylic acids is 1. The Bertz CT molecular complexity index is 518. The second kappa shape index (κ2) is 10.9. The van der Waals surface area contributed by atoms with Crippen LogP contribution in [0.2, 0.25) is 18.1 Å². The van der Waals surface area contributed by atoms with Gasteiger partial charge in [-0.1, -0.05) is 59.6 Å². The van der Waals surface area contributed by atoms with Gasteiger partial charge in [0.2, 0.25) is 0 Å². The van der Waals surface area contributed by atoms with Crippen LogP contribution >= 0.6 is 0 Å². The van der Waals surface area contributed by atoms with Crippen LogP contribution in [-0.4, -0.2) is 47.5 Å². The van der Waals surface area contributed by atoms with E-state index in [0.717, 1.165) is 12.0 Å².